The highest BCUT2D eigenvalue weighted by Crippen LogP contribution is 2.15. The molecule has 0 amide bonds. The summed E-state index contributed by atoms with van der Waals surface area (Å²) in [6.07, 6.45) is 0.296. The molecule has 6 N–H and O–H groups in total. The number of hydrogen-bond acceptors (Lipinski definition) is 11. The van der Waals surface area contributed by atoms with Gasteiger partial charge in [-0.3, -0.25) is 0 Å². The number of hydrogen-bond donors (Lipinski definition) is 3. The highest BCUT2D eigenvalue weighted by molar-refractivity contribution is 5.34. The van der Waals surface area contributed by atoms with Crippen molar-refractivity contribution < 1.29 is 0 Å². The second kappa shape index (κ2) is 6.52. The van der Waals surface area contributed by atoms with E-state index in [1.807, 2.05) is 14.1 Å². The lowest BCUT2D eigenvalue weighted by atomic mass is 10.2. The van der Waals surface area contributed by atoms with Crippen molar-refractivity contribution in [1.29, 1.82) is 0 Å². The van der Waals surface area contributed by atoms with Gasteiger partial charge in [-0.15, -0.1) is 0 Å². The molecule has 1 unspecified atom stereocenters. The Labute approximate surface area is 134 Å². The SMILES string of the molecule is CN(C)c1nc(N)nc(CC(N)c2nc(N)nc(N(C)C)n2)n1. The molecule has 0 spiro atoms. The summed E-state index contributed by atoms with van der Waals surface area (Å²) in [6.45, 7) is 0. The molecule has 0 saturated carbocycles. The van der Waals surface area contributed by atoms with Gasteiger partial charge < -0.3 is 27.0 Å². The van der Waals surface area contributed by atoms with Gasteiger partial charge in [0.2, 0.25) is 23.8 Å². The zero-order valence-corrected chi connectivity index (χ0v) is 13.6. The van der Waals surface area contributed by atoms with Gasteiger partial charge >= 0.3 is 0 Å². The van der Waals surface area contributed by atoms with Gasteiger partial charge in [-0.1, -0.05) is 0 Å². The van der Waals surface area contributed by atoms with Crippen LogP contribution in [0.25, 0.3) is 0 Å². The summed E-state index contributed by atoms with van der Waals surface area (Å²) in [5, 5.41) is 0. The largest absolute Gasteiger partial charge is 0.368 e. The summed E-state index contributed by atoms with van der Waals surface area (Å²) < 4.78 is 0. The molecule has 11 heteroatoms. The number of nitrogens with zero attached hydrogens (tertiary/aromatic N) is 8. The first-order valence-electron chi connectivity index (χ1n) is 6.88. The average molecular weight is 319 g/mol. The minimum atomic E-state index is -0.546. The molecule has 2 aromatic heterocycles. The topological polar surface area (TPSA) is 162 Å². The molecule has 11 nitrogen and oxygen atoms in total. The van der Waals surface area contributed by atoms with Crippen molar-refractivity contribution in [1.82, 2.24) is 29.9 Å². The van der Waals surface area contributed by atoms with Gasteiger partial charge in [0.05, 0.1) is 6.04 Å². The molecule has 23 heavy (non-hydrogen) atoms. The van der Waals surface area contributed by atoms with Crippen molar-refractivity contribution in [3.63, 3.8) is 0 Å². The molecule has 2 aromatic rings. The molecule has 0 aromatic carbocycles. The highest BCUT2D eigenvalue weighted by atomic mass is 15.3. The van der Waals surface area contributed by atoms with E-state index in [1.165, 1.54) is 0 Å². The fraction of sp³-hybridized carbons (Fsp3) is 0.500. The lowest BCUT2D eigenvalue weighted by molar-refractivity contribution is 0.636. The Hall–Kier alpha value is -2.82. The summed E-state index contributed by atoms with van der Waals surface area (Å²) in [5.74, 6) is 1.97. The summed E-state index contributed by atoms with van der Waals surface area (Å²) in [4.78, 5) is 28.3. The summed E-state index contributed by atoms with van der Waals surface area (Å²) in [6, 6.07) is -0.546. The Bertz CT molecular complexity index is 685. The minimum Gasteiger partial charge on any atom is -0.368 e. The van der Waals surface area contributed by atoms with Crippen LogP contribution in [0.3, 0.4) is 0 Å². The molecule has 0 saturated heterocycles. The zero-order chi connectivity index (χ0) is 17.1. The molecular weight excluding hydrogens is 298 g/mol. The maximum atomic E-state index is 6.16. The van der Waals surface area contributed by atoms with Crippen LogP contribution in [0.4, 0.5) is 23.8 Å². The molecule has 1 atom stereocenters. The van der Waals surface area contributed by atoms with Crippen molar-refractivity contribution in [3.8, 4) is 0 Å². The first-order valence-corrected chi connectivity index (χ1v) is 6.88. The van der Waals surface area contributed by atoms with E-state index in [1.54, 1.807) is 23.9 Å². The number of rotatable bonds is 5. The molecule has 0 aliphatic heterocycles. The van der Waals surface area contributed by atoms with E-state index >= 15 is 0 Å². The molecule has 0 aliphatic rings. The standard InChI is InChI=1S/C12H21N11/c1-22(2)11-17-7(16-9(14)20-11)5-6(13)8-18-10(15)21-12(19-8)23(3)4/h6H,5,13H2,1-4H3,(H2,14,16,17,20)(H2,15,18,19,21). The molecular formula is C12H21N11. The number of nitrogens with two attached hydrogens (primary N) is 3. The Balaban J connectivity index is 2.27. The normalized spacial score (nSPS) is 12.0. The highest BCUT2D eigenvalue weighted by Gasteiger charge is 2.17. The predicted molar refractivity (Wildman–Crippen MR) is 87.8 cm³/mol. The van der Waals surface area contributed by atoms with Crippen molar-refractivity contribution in [3.05, 3.63) is 11.6 Å². The predicted octanol–water partition coefficient (Wildman–Crippen LogP) is -1.40. The summed E-state index contributed by atoms with van der Waals surface area (Å²) in [7, 11) is 7.24. The number of nitrogen functional groups attached to an aromatic ring is 2. The lowest BCUT2D eigenvalue weighted by Gasteiger charge is -2.15. The van der Waals surface area contributed by atoms with Gasteiger partial charge in [0.25, 0.3) is 0 Å². The fourth-order valence-corrected chi connectivity index (χ4v) is 1.77. The van der Waals surface area contributed by atoms with Crippen LogP contribution in [0.5, 0.6) is 0 Å². The van der Waals surface area contributed by atoms with Gasteiger partial charge in [-0.05, 0) is 0 Å². The van der Waals surface area contributed by atoms with Gasteiger partial charge in [-0.25, -0.2) is 0 Å². The number of anilines is 4. The molecule has 2 rings (SSSR count). The van der Waals surface area contributed by atoms with E-state index in [4.69, 9.17) is 17.2 Å². The summed E-state index contributed by atoms with van der Waals surface area (Å²) in [5.41, 5.74) is 17.6. The molecule has 0 bridgehead atoms. The fourth-order valence-electron chi connectivity index (χ4n) is 1.77. The third-order valence-electron chi connectivity index (χ3n) is 2.88. The van der Waals surface area contributed by atoms with Crippen LogP contribution < -0.4 is 27.0 Å². The second-order valence-electron chi connectivity index (χ2n) is 5.36. The monoisotopic (exact) mass is 319 g/mol. The van der Waals surface area contributed by atoms with Crippen LogP contribution >= 0.6 is 0 Å². The second-order valence-corrected chi connectivity index (χ2v) is 5.36. The van der Waals surface area contributed by atoms with Crippen LogP contribution in [0.15, 0.2) is 0 Å². The lowest BCUT2D eigenvalue weighted by Crippen LogP contribution is -2.23. The van der Waals surface area contributed by atoms with Crippen LogP contribution in [-0.4, -0.2) is 58.1 Å². The van der Waals surface area contributed by atoms with Crippen LogP contribution in [0, 0.1) is 0 Å². The maximum absolute atomic E-state index is 6.16. The van der Waals surface area contributed by atoms with Crippen LogP contribution in [0.1, 0.15) is 17.7 Å². The Morgan fingerprint density at radius 2 is 1.30 bits per heavy atom. The molecule has 124 valence electrons. The Morgan fingerprint density at radius 3 is 1.87 bits per heavy atom. The van der Waals surface area contributed by atoms with Crippen molar-refractivity contribution >= 4 is 23.8 Å². The molecule has 0 radical (unpaired) electrons. The zero-order valence-electron chi connectivity index (χ0n) is 13.6. The first-order chi connectivity index (χ1) is 10.8. The van der Waals surface area contributed by atoms with Crippen molar-refractivity contribution in [2.24, 2.45) is 5.73 Å². The van der Waals surface area contributed by atoms with Crippen LogP contribution in [0.2, 0.25) is 0 Å². The third kappa shape index (κ3) is 4.10. The van der Waals surface area contributed by atoms with Gasteiger partial charge in [0.15, 0.2) is 5.82 Å². The van der Waals surface area contributed by atoms with Crippen molar-refractivity contribution in [2.75, 3.05) is 49.5 Å². The number of aromatic nitrogens is 6. The average Bonchev–Trinajstić information content (AvgIpc) is 2.45. The van der Waals surface area contributed by atoms with E-state index in [9.17, 15) is 0 Å². The first kappa shape index (κ1) is 16.5. The molecule has 0 aliphatic carbocycles. The van der Waals surface area contributed by atoms with E-state index in [-0.39, 0.29) is 11.9 Å². The third-order valence-corrected chi connectivity index (χ3v) is 2.88. The Kier molecular flexibility index (Phi) is 4.69. The van der Waals surface area contributed by atoms with Crippen LogP contribution in [-0.2, 0) is 6.42 Å². The molecule has 2 heterocycles. The van der Waals surface area contributed by atoms with Crippen molar-refractivity contribution in [2.45, 2.75) is 12.5 Å². The smallest absolute Gasteiger partial charge is 0.229 e. The summed E-state index contributed by atoms with van der Waals surface area (Å²) >= 11 is 0. The minimum absolute atomic E-state index is 0.110. The van der Waals surface area contributed by atoms with Gasteiger partial charge in [-0.2, -0.15) is 29.9 Å². The van der Waals surface area contributed by atoms with E-state index in [0.717, 1.165) is 0 Å². The van der Waals surface area contributed by atoms with Gasteiger partial charge in [0.1, 0.15) is 5.82 Å². The molecule has 0 fully saturated rings. The van der Waals surface area contributed by atoms with E-state index in [2.05, 4.69) is 29.9 Å². The maximum Gasteiger partial charge on any atom is 0.229 e. The van der Waals surface area contributed by atoms with E-state index in [0.29, 0.717) is 30.0 Å². The van der Waals surface area contributed by atoms with Gasteiger partial charge in [0, 0.05) is 34.6 Å². The van der Waals surface area contributed by atoms with E-state index < -0.39 is 6.04 Å². The quantitative estimate of drug-likeness (QED) is 0.593. The Morgan fingerprint density at radius 1 is 0.783 bits per heavy atom.